The van der Waals surface area contributed by atoms with Crippen LogP contribution in [0.15, 0.2) is 43.0 Å². The quantitative estimate of drug-likeness (QED) is 0.801. The van der Waals surface area contributed by atoms with Crippen LogP contribution in [0.5, 0.6) is 0 Å². The molecule has 3 rings (SSSR count). The van der Waals surface area contributed by atoms with Gasteiger partial charge < -0.3 is 14.4 Å². The van der Waals surface area contributed by atoms with Crippen LogP contribution in [-0.4, -0.2) is 50.3 Å². The number of halogens is 1. The molecule has 2 aromatic rings. The van der Waals surface area contributed by atoms with Gasteiger partial charge in [-0.2, -0.15) is 0 Å². The van der Waals surface area contributed by atoms with Crippen molar-refractivity contribution in [3.05, 3.63) is 54.4 Å². The number of benzene rings is 1. The predicted molar refractivity (Wildman–Crippen MR) is 89.8 cm³/mol. The molecule has 0 unspecified atom stereocenters. The number of hydrogen-bond donors (Lipinski definition) is 0. The summed E-state index contributed by atoms with van der Waals surface area (Å²) < 4.78 is 15.2. The Balaban J connectivity index is 1.59. The van der Waals surface area contributed by atoms with Gasteiger partial charge in [-0.3, -0.25) is 9.59 Å². The molecule has 0 saturated carbocycles. The van der Waals surface area contributed by atoms with Crippen molar-refractivity contribution in [2.24, 2.45) is 0 Å². The van der Waals surface area contributed by atoms with E-state index in [0.29, 0.717) is 12.1 Å². The normalized spacial score (nSPS) is 18.1. The third-order valence-electron chi connectivity index (χ3n) is 4.42. The molecule has 132 valence electrons. The van der Waals surface area contributed by atoms with Crippen molar-refractivity contribution < 1.29 is 14.0 Å². The maximum absolute atomic E-state index is 13.3. The number of carbonyl (C=O) groups excluding carboxylic acids is 2. The lowest BCUT2D eigenvalue weighted by Crippen LogP contribution is -2.58. The van der Waals surface area contributed by atoms with Crippen LogP contribution in [0, 0.1) is 5.82 Å². The van der Waals surface area contributed by atoms with E-state index in [1.165, 1.54) is 17.0 Å². The SMILES string of the molecule is C[C@H]1C(=O)N(Cc2cccc(F)c2)CC(=O)N1CCCn1ccnc1. The van der Waals surface area contributed by atoms with Crippen molar-refractivity contribution in [1.82, 2.24) is 19.4 Å². The molecule has 1 aliphatic heterocycles. The molecule has 1 atom stereocenters. The van der Waals surface area contributed by atoms with Gasteiger partial charge in [-0.15, -0.1) is 0 Å². The van der Waals surface area contributed by atoms with Crippen LogP contribution in [0.25, 0.3) is 0 Å². The summed E-state index contributed by atoms with van der Waals surface area (Å²) in [4.78, 5) is 32.1. The number of hydrogen-bond acceptors (Lipinski definition) is 3. The molecule has 7 heteroatoms. The number of rotatable bonds is 6. The molecular formula is C18H21FN4O2. The highest BCUT2D eigenvalue weighted by Crippen LogP contribution is 2.16. The molecule has 0 N–H and O–H groups in total. The van der Waals surface area contributed by atoms with E-state index in [9.17, 15) is 14.0 Å². The molecular weight excluding hydrogens is 323 g/mol. The first-order valence-electron chi connectivity index (χ1n) is 8.33. The van der Waals surface area contributed by atoms with Gasteiger partial charge in [0.1, 0.15) is 18.4 Å². The molecule has 0 radical (unpaired) electrons. The highest BCUT2D eigenvalue weighted by Gasteiger charge is 2.35. The molecule has 1 aromatic carbocycles. The summed E-state index contributed by atoms with van der Waals surface area (Å²) in [5.41, 5.74) is 0.682. The van der Waals surface area contributed by atoms with Crippen molar-refractivity contribution in [2.75, 3.05) is 13.1 Å². The molecule has 1 aromatic heterocycles. The molecule has 2 heterocycles. The van der Waals surface area contributed by atoms with E-state index in [1.807, 2.05) is 10.8 Å². The fraction of sp³-hybridized carbons (Fsp3) is 0.389. The van der Waals surface area contributed by atoms with E-state index in [0.717, 1.165) is 13.0 Å². The summed E-state index contributed by atoms with van der Waals surface area (Å²) in [5, 5.41) is 0. The van der Waals surface area contributed by atoms with Crippen LogP contribution in [0.1, 0.15) is 18.9 Å². The molecule has 2 amide bonds. The fourth-order valence-electron chi connectivity index (χ4n) is 3.10. The van der Waals surface area contributed by atoms with Gasteiger partial charge >= 0.3 is 0 Å². The van der Waals surface area contributed by atoms with Gasteiger partial charge in [0.05, 0.1) is 6.33 Å². The van der Waals surface area contributed by atoms with Crippen molar-refractivity contribution >= 4 is 11.8 Å². The van der Waals surface area contributed by atoms with E-state index >= 15 is 0 Å². The number of amides is 2. The Morgan fingerprint density at radius 1 is 1.28 bits per heavy atom. The van der Waals surface area contributed by atoms with Crippen LogP contribution < -0.4 is 0 Å². The highest BCUT2D eigenvalue weighted by atomic mass is 19.1. The van der Waals surface area contributed by atoms with Gasteiger partial charge in [-0.05, 0) is 31.0 Å². The zero-order valence-corrected chi connectivity index (χ0v) is 14.1. The highest BCUT2D eigenvalue weighted by molar-refractivity contribution is 5.94. The van der Waals surface area contributed by atoms with Gasteiger partial charge in [-0.1, -0.05) is 12.1 Å². The first-order valence-corrected chi connectivity index (χ1v) is 8.33. The zero-order valence-electron chi connectivity index (χ0n) is 14.1. The molecule has 0 bridgehead atoms. The largest absolute Gasteiger partial charge is 0.337 e. The third-order valence-corrected chi connectivity index (χ3v) is 4.42. The molecule has 1 fully saturated rings. The number of aryl methyl sites for hydroxylation is 1. The lowest BCUT2D eigenvalue weighted by molar-refractivity contribution is -0.155. The van der Waals surface area contributed by atoms with Gasteiger partial charge in [0.15, 0.2) is 0 Å². The van der Waals surface area contributed by atoms with E-state index < -0.39 is 6.04 Å². The topological polar surface area (TPSA) is 58.4 Å². The van der Waals surface area contributed by atoms with Gasteiger partial charge in [0, 0.05) is 32.0 Å². The average molecular weight is 344 g/mol. The van der Waals surface area contributed by atoms with E-state index in [4.69, 9.17) is 0 Å². The second-order valence-corrected chi connectivity index (χ2v) is 6.24. The second kappa shape index (κ2) is 7.46. The Morgan fingerprint density at radius 2 is 2.12 bits per heavy atom. The maximum Gasteiger partial charge on any atom is 0.245 e. The average Bonchev–Trinajstić information content (AvgIpc) is 3.09. The minimum Gasteiger partial charge on any atom is -0.337 e. The first kappa shape index (κ1) is 17.1. The molecule has 0 spiro atoms. The Labute approximate surface area is 145 Å². The van der Waals surface area contributed by atoms with E-state index in [-0.39, 0.29) is 30.7 Å². The molecule has 0 aliphatic carbocycles. The third kappa shape index (κ3) is 4.04. The number of piperazine rings is 1. The lowest BCUT2D eigenvalue weighted by atomic mass is 10.1. The Bertz CT molecular complexity index is 747. The van der Waals surface area contributed by atoms with Crippen LogP contribution >= 0.6 is 0 Å². The smallest absolute Gasteiger partial charge is 0.245 e. The summed E-state index contributed by atoms with van der Waals surface area (Å²) >= 11 is 0. The molecule has 6 nitrogen and oxygen atoms in total. The molecule has 25 heavy (non-hydrogen) atoms. The van der Waals surface area contributed by atoms with Crippen molar-refractivity contribution in [1.29, 1.82) is 0 Å². The predicted octanol–water partition coefficient (Wildman–Crippen LogP) is 1.67. The summed E-state index contributed by atoms with van der Waals surface area (Å²) in [7, 11) is 0. The Hall–Kier alpha value is -2.70. The second-order valence-electron chi connectivity index (χ2n) is 6.24. The standard InChI is InChI=1S/C18H21FN4O2/c1-14-18(25)22(11-15-4-2-5-16(19)10-15)12-17(24)23(14)8-3-7-21-9-6-20-13-21/h2,4-6,9-10,13-14H,3,7-8,11-12H2,1H3/t14-/m0/s1. The van der Waals surface area contributed by atoms with Crippen LogP contribution in [0.2, 0.25) is 0 Å². The number of nitrogens with zero attached hydrogens (tertiary/aromatic N) is 4. The van der Waals surface area contributed by atoms with Crippen LogP contribution in [-0.2, 0) is 22.7 Å². The van der Waals surface area contributed by atoms with Crippen LogP contribution in [0.4, 0.5) is 4.39 Å². The summed E-state index contributed by atoms with van der Waals surface area (Å²) in [6.07, 6.45) is 6.06. The number of imidazole rings is 1. The maximum atomic E-state index is 13.3. The monoisotopic (exact) mass is 344 g/mol. The molecule has 1 aliphatic rings. The van der Waals surface area contributed by atoms with E-state index in [1.54, 1.807) is 36.5 Å². The van der Waals surface area contributed by atoms with Crippen LogP contribution in [0.3, 0.4) is 0 Å². The van der Waals surface area contributed by atoms with Crippen molar-refractivity contribution in [3.63, 3.8) is 0 Å². The summed E-state index contributed by atoms with van der Waals surface area (Å²) in [5.74, 6) is -0.525. The number of carbonyl (C=O) groups is 2. The number of aromatic nitrogens is 2. The Kier molecular flexibility index (Phi) is 5.11. The first-order chi connectivity index (χ1) is 12.0. The summed E-state index contributed by atoms with van der Waals surface area (Å²) in [6.45, 7) is 3.30. The van der Waals surface area contributed by atoms with Crippen molar-refractivity contribution in [3.8, 4) is 0 Å². The molecule has 1 saturated heterocycles. The lowest BCUT2D eigenvalue weighted by Gasteiger charge is -2.38. The zero-order chi connectivity index (χ0) is 17.8. The van der Waals surface area contributed by atoms with Crippen molar-refractivity contribution in [2.45, 2.75) is 32.5 Å². The fourth-order valence-corrected chi connectivity index (χ4v) is 3.10. The minimum absolute atomic E-state index is 0.0325. The van der Waals surface area contributed by atoms with E-state index in [2.05, 4.69) is 4.98 Å². The summed E-state index contributed by atoms with van der Waals surface area (Å²) in [6, 6.07) is 5.60. The minimum atomic E-state index is -0.502. The van der Waals surface area contributed by atoms with Gasteiger partial charge in [0.25, 0.3) is 0 Å². The Morgan fingerprint density at radius 3 is 2.84 bits per heavy atom. The van der Waals surface area contributed by atoms with Gasteiger partial charge in [0.2, 0.25) is 11.8 Å². The van der Waals surface area contributed by atoms with Gasteiger partial charge in [-0.25, -0.2) is 9.37 Å².